The summed E-state index contributed by atoms with van der Waals surface area (Å²) < 4.78 is 70.1. The zero-order valence-electron chi connectivity index (χ0n) is 18.5. The van der Waals surface area contributed by atoms with Crippen molar-refractivity contribution in [3.63, 3.8) is 0 Å². The van der Waals surface area contributed by atoms with Crippen LogP contribution in [0.5, 0.6) is 0 Å². The van der Waals surface area contributed by atoms with Crippen molar-refractivity contribution in [2.24, 2.45) is 0 Å². The Labute approximate surface area is 217 Å². The lowest BCUT2D eigenvalue weighted by atomic mass is 9.97. The Bertz CT molecular complexity index is 1490. The van der Waals surface area contributed by atoms with E-state index in [-0.39, 0.29) is 32.5 Å². The van der Waals surface area contributed by atoms with E-state index in [2.05, 4.69) is 10.6 Å². The number of nitrogens with one attached hydrogen (secondary N) is 2. The highest BCUT2D eigenvalue weighted by molar-refractivity contribution is 8.26. The summed E-state index contributed by atoms with van der Waals surface area (Å²) >= 11 is 5.92. The Balaban J connectivity index is 1.63. The van der Waals surface area contributed by atoms with Crippen molar-refractivity contribution in [2.45, 2.75) is 12.6 Å². The Morgan fingerprint density at radius 1 is 1.16 bits per heavy atom. The van der Waals surface area contributed by atoms with Crippen LogP contribution in [-0.2, 0) is 37.1 Å². The number of carbonyl (C=O) groups excluding carboxylic acids is 3. The molecular formula is C22H16F3N3O6S3. The highest BCUT2D eigenvalue weighted by atomic mass is 32.2. The lowest BCUT2D eigenvalue weighted by Crippen LogP contribution is -2.33. The predicted octanol–water partition coefficient (Wildman–Crippen LogP) is 3.30. The minimum absolute atomic E-state index is 0.0165. The summed E-state index contributed by atoms with van der Waals surface area (Å²) in [6.07, 6.45) is -4.92. The van der Waals surface area contributed by atoms with Gasteiger partial charge in [-0.05, 0) is 29.8 Å². The molecule has 0 aromatic heterocycles. The van der Waals surface area contributed by atoms with E-state index in [1.165, 1.54) is 12.1 Å². The first-order valence-corrected chi connectivity index (χ1v) is 13.2. The molecule has 0 bridgehead atoms. The van der Waals surface area contributed by atoms with E-state index in [1.807, 2.05) is 0 Å². The highest BCUT2D eigenvalue weighted by Crippen LogP contribution is 2.43. The summed E-state index contributed by atoms with van der Waals surface area (Å²) in [6.45, 7) is -0.421. The fraction of sp³-hybridized carbons (Fsp3) is 0.182. The van der Waals surface area contributed by atoms with Crippen molar-refractivity contribution in [1.29, 1.82) is 0 Å². The maximum atomic E-state index is 13.0. The van der Waals surface area contributed by atoms with Crippen LogP contribution < -0.4 is 10.6 Å². The number of thioether (sulfide) groups is 1. The quantitative estimate of drug-likeness (QED) is 0.273. The monoisotopic (exact) mass is 571 g/mol. The van der Waals surface area contributed by atoms with Gasteiger partial charge in [0.25, 0.3) is 21.9 Å². The number of amides is 3. The molecule has 0 spiro atoms. The van der Waals surface area contributed by atoms with Crippen LogP contribution in [0.15, 0.2) is 47.4 Å². The molecule has 2 aromatic carbocycles. The molecule has 3 N–H and O–H groups in total. The molecule has 0 atom stereocenters. The Morgan fingerprint density at radius 2 is 1.86 bits per heavy atom. The minimum Gasteiger partial charge on any atom is -0.326 e. The van der Waals surface area contributed by atoms with E-state index in [0.29, 0.717) is 11.3 Å². The van der Waals surface area contributed by atoms with Gasteiger partial charge in [0.05, 0.1) is 28.2 Å². The average Bonchev–Trinajstić information content (AvgIpc) is 3.26. The van der Waals surface area contributed by atoms with Crippen molar-refractivity contribution >= 4 is 73.1 Å². The SMILES string of the molecule is O=C(Cc1cccc2c1C(=C1SC(=S)N(CCS(=O)(=O)O)C1=O)C(=O)N2)Nc1cccc(C(F)(F)F)c1. The molecule has 0 saturated carbocycles. The summed E-state index contributed by atoms with van der Waals surface area (Å²) in [7, 11) is -4.38. The maximum Gasteiger partial charge on any atom is 0.416 e. The van der Waals surface area contributed by atoms with Gasteiger partial charge in [0.2, 0.25) is 5.91 Å². The Kier molecular flexibility index (Phi) is 7.16. The minimum atomic E-state index is -4.59. The van der Waals surface area contributed by atoms with Crippen LogP contribution in [0.3, 0.4) is 0 Å². The molecule has 4 rings (SSSR count). The van der Waals surface area contributed by atoms with E-state index in [0.717, 1.165) is 34.9 Å². The summed E-state index contributed by atoms with van der Waals surface area (Å²) in [5.74, 6) is -2.80. The van der Waals surface area contributed by atoms with Gasteiger partial charge in [-0.1, -0.05) is 42.2 Å². The molecule has 194 valence electrons. The Morgan fingerprint density at radius 3 is 2.54 bits per heavy atom. The second-order valence-corrected chi connectivity index (χ2v) is 11.1. The molecule has 1 fully saturated rings. The van der Waals surface area contributed by atoms with Crippen molar-refractivity contribution in [1.82, 2.24) is 4.90 Å². The summed E-state index contributed by atoms with van der Waals surface area (Å²) in [6, 6.07) is 8.77. The number of halogens is 3. The second kappa shape index (κ2) is 9.89. The summed E-state index contributed by atoms with van der Waals surface area (Å²) in [5, 5.41) is 5.00. The summed E-state index contributed by atoms with van der Waals surface area (Å²) in [4.78, 5) is 39.4. The molecule has 1 saturated heterocycles. The number of hydrogen-bond donors (Lipinski definition) is 3. The number of nitrogens with zero attached hydrogens (tertiary/aromatic N) is 1. The van der Waals surface area contributed by atoms with Crippen molar-refractivity contribution in [3.05, 3.63) is 64.1 Å². The van der Waals surface area contributed by atoms with E-state index >= 15 is 0 Å². The van der Waals surface area contributed by atoms with Crippen molar-refractivity contribution in [3.8, 4) is 0 Å². The number of anilines is 2. The fourth-order valence-corrected chi connectivity index (χ4v) is 5.55. The van der Waals surface area contributed by atoms with Crippen LogP contribution >= 0.6 is 24.0 Å². The second-order valence-electron chi connectivity index (χ2n) is 7.91. The molecule has 2 aliphatic rings. The normalized spacial score (nSPS) is 17.7. The van der Waals surface area contributed by atoms with E-state index in [1.54, 1.807) is 12.1 Å². The first-order valence-electron chi connectivity index (χ1n) is 10.4. The number of carbonyl (C=O) groups is 3. The van der Waals surface area contributed by atoms with Gasteiger partial charge in [-0.25, -0.2) is 0 Å². The maximum absolute atomic E-state index is 13.0. The molecule has 2 heterocycles. The fourth-order valence-electron chi connectivity index (χ4n) is 3.76. The number of thiocarbonyl (C=S) groups is 1. The topological polar surface area (TPSA) is 133 Å². The van der Waals surface area contributed by atoms with Gasteiger partial charge in [0.1, 0.15) is 4.32 Å². The standard InChI is InChI=1S/C22H16F3N3O6S3/c23-22(24,25)12-4-2-5-13(10-12)26-15(29)9-11-3-1-6-14-16(11)17(19(30)27-14)18-20(31)28(21(35)36-18)7-8-37(32,33)34/h1-6,10H,7-9H2,(H,26,29)(H,27,30)(H,32,33,34). The third-order valence-corrected chi connectivity index (χ3v) is 7.50. The Hall–Kier alpha value is -3.27. The molecule has 0 radical (unpaired) electrons. The van der Waals surface area contributed by atoms with E-state index in [9.17, 15) is 36.0 Å². The molecule has 0 aliphatic carbocycles. The molecular weight excluding hydrogens is 555 g/mol. The first-order chi connectivity index (χ1) is 17.2. The molecule has 2 aromatic rings. The smallest absolute Gasteiger partial charge is 0.326 e. The molecule has 0 unspecified atom stereocenters. The van der Waals surface area contributed by atoms with Gasteiger partial charge < -0.3 is 10.6 Å². The number of benzene rings is 2. The molecule has 3 amide bonds. The van der Waals surface area contributed by atoms with E-state index < -0.39 is 51.9 Å². The van der Waals surface area contributed by atoms with Crippen molar-refractivity contribution < 1.29 is 40.5 Å². The molecule has 9 nitrogen and oxygen atoms in total. The molecule has 37 heavy (non-hydrogen) atoms. The largest absolute Gasteiger partial charge is 0.416 e. The van der Waals surface area contributed by atoms with Crippen LogP contribution in [0.2, 0.25) is 0 Å². The number of hydrogen-bond acceptors (Lipinski definition) is 7. The lowest BCUT2D eigenvalue weighted by Gasteiger charge is -2.13. The zero-order valence-corrected chi connectivity index (χ0v) is 20.9. The van der Waals surface area contributed by atoms with Crippen LogP contribution in [0.1, 0.15) is 16.7 Å². The van der Waals surface area contributed by atoms with Gasteiger partial charge >= 0.3 is 6.18 Å². The lowest BCUT2D eigenvalue weighted by molar-refractivity contribution is -0.137. The van der Waals surface area contributed by atoms with Gasteiger partial charge in [-0.15, -0.1) is 0 Å². The highest BCUT2D eigenvalue weighted by Gasteiger charge is 2.40. The first kappa shape index (κ1) is 26.8. The average molecular weight is 572 g/mol. The summed E-state index contributed by atoms with van der Waals surface area (Å²) in [5.41, 5.74) is -0.183. The zero-order chi connectivity index (χ0) is 27.1. The van der Waals surface area contributed by atoms with E-state index in [4.69, 9.17) is 16.8 Å². The van der Waals surface area contributed by atoms with Crippen molar-refractivity contribution in [2.75, 3.05) is 22.9 Å². The van der Waals surface area contributed by atoms with Gasteiger partial charge in [-0.2, -0.15) is 21.6 Å². The number of rotatable bonds is 6. The molecule has 2 aliphatic heterocycles. The third kappa shape index (κ3) is 5.84. The number of fused-ring (bicyclic) bond motifs is 1. The predicted molar refractivity (Wildman–Crippen MR) is 134 cm³/mol. The van der Waals surface area contributed by atoms with Gasteiger partial charge in [-0.3, -0.25) is 23.8 Å². The van der Waals surface area contributed by atoms with Gasteiger partial charge in [0, 0.05) is 23.5 Å². The van der Waals surface area contributed by atoms with Crippen LogP contribution in [0, 0.1) is 0 Å². The van der Waals surface area contributed by atoms with Gasteiger partial charge in [0.15, 0.2) is 0 Å². The third-order valence-electron chi connectivity index (χ3n) is 5.35. The van der Waals surface area contributed by atoms with Crippen LogP contribution in [-0.4, -0.2) is 52.2 Å². The molecule has 15 heteroatoms. The van der Waals surface area contributed by atoms with Crippen LogP contribution in [0.4, 0.5) is 24.5 Å². The number of alkyl halides is 3. The van der Waals surface area contributed by atoms with Crippen LogP contribution in [0.25, 0.3) is 5.57 Å².